The Kier molecular flexibility index (Phi) is 8.10. The zero-order valence-electron chi connectivity index (χ0n) is 20.4. The smallest absolute Gasteiger partial charge is 0.321 e. The average molecular weight is 530 g/mol. The number of thiocarbonyl (C=S) groups is 1. The Morgan fingerprint density at radius 1 is 0.944 bits per heavy atom. The third kappa shape index (κ3) is 6.89. The van der Waals surface area contributed by atoms with E-state index >= 15 is 0 Å². The van der Waals surface area contributed by atoms with Crippen LogP contribution in [0.5, 0.6) is 11.9 Å². The highest BCUT2D eigenvalue weighted by Gasteiger charge is 2.18. The molecule has 0 aliphatic carbocycles. The second-order valence-electron chi connectivity index (χ2n) is 8.65. The van der Waals surface area contributed by atoms with Crippen LogP contribution >= 0.6 is 12.2 Å². The molecule has 1 amide bonds. The molecular weight excluding hydrogens is 502 g/mol. The van der Waals surface area contributed by atoms with Gasteiger partial charge in [-0.15, -0.1) is 0 Å². The van der Waals surface area contributed by atoms with E-state index in [0.717, 1.165) is 5.56 Å². The van der Waals surface area contributed by atoms with Crippen molar-refractivity contribution < 1.29 is 22.7 Å². The van der Waals surface area contributed by atoms with Gasteiger partial charge >= 0.3 is 6.01 Å². The van der Waals surface area contributed by atoms with Gasteiger partial charge in [-0.1, -0.05) is 32.9 Å². The molecule has 0 saturated heterocycles. The van der Waals surface area contributed by atoms with Gasteiger partial charge in [0, 0.05) is 17.3 Å². The van der Waals surface area contributed by atoms with E-state index in [4.69, 9.17) is 21.7 Å². The van der Waals surface area contributed by atoms with E-state index in [9.17, 15) is 13.2 Å². The molecule has 0 bridgehead atoms. The third-order valence-corrected chi connectivity index (χ3v) is 6.55. The molecule has 190 valence electrons. The first-order chi connectivity index (χ1) is 16.9. The summed E-state index contributed by atoms with van der Waals surface area (Å²) in [6, 6.07) is 14.4. The van der Waals surface area contributed by atoms with Crippen LogP contribution in [0, 0.1) is 0 Å². The first-order valence-electron chi connectivity index (χ1n) is 10.7. The SMILES string of the molecule is COc1cc(NS(=O)(=O)c2ccc(NC(=S)NC(=O)c3ccc(C(C)(C)C)cc3)cc2)nc(OC)n1. The second-order valence-corrected chi connectivity index (χ2v) is 10.7. The predicted octanol–water partition coefficient (Wildman–Crippen LogP) is 3.72. The fourth-order valence-electron chi connectivity index (χ4n) is 3.03. The van der Waals surface area contributed by atoms with Crippen LogP contribution in [-0.2, 0) is 15.4 Å². The van der Waals surface area contributed by atoms with Crippen LogP contribution in [0.15, 0.2) is 59.5 Å². The van der Waals surface area contributed by atoms with E-state index in [1.807, 2.05) is 12.1 Å². The summed E-state index contributed by atoms with van der Waals surface area (Å²) in [4.78, 5) is 20.4. The maximum absolute atomic E-state index is 12.8. The van der Waals surface area contributed by atoms with Crippen molar-refractivity contribution in [2.24, 2.45) is 0 Å². The van der Waals surface area contributed by atoms with Crippen molar-refractivity contribution in [2.75, 3.05) is 24.3 Å². The minimum Gasteiger partial charge on any atom is -0.481 e. The molecule has 0 unspecified atom stereocenters. The number of carbonyl (C=O) groups is 1. The van der Waals surface area contributed by atoms with Crippen molar-refractivity contribution in [1.82, 2.24) is 15.3 Å². The van der Waals surface area contributed by atoms with Gasteiger partial charge in [0.25, 0.3) is 15.9 Å². The predicted molar refractivity (Wildman–Crippen MR) is 141 cm³/mol. The molecule has 3 N–H and O–H groups in total. The van der Waals surface area contributed by atoms with Gasteiger partial charge in [0.1, 0.15) is 0 Å². The maximum atomic E-state index is 12.8. The quantitative estimate of drug-likeness (QED) is 0.392. The van der Waals surface area contributed by atoms with Gasteiger partial charge in [-0.25, -0.2) is 8.42 Å². The first-order valence-corrected chi connectivity index (χ1v) is 12.6. The molecule has 0 radical (unpaired) electrons. The molecule has 0 aliphatic heterocycles. The Hall–Kier alpha value is -3.77. The van der Waals surface area contributed by atoms with Crippen LogP contribution in [0.25, 0.3) is 0 Å². The van der Waals surface area contributed by atoms with Crippen LogP contribution in [0.3, 0.4) is 0 Å². The molecule has 3 rings (SSSR count). The summed E-state index contributed by atoms with van der Waals surface area (Å²) < 4.78 is 37.9. The van der Waals surface area contributed by atoms with E-state index in [1.165, 1.54) is 44.6 Å². The Bertz CT molecular complexity index is 1330. The molecule has 0 fully saturated rings. The number of hydrogen-bond acceptors (Lipinski definition) is 8. The Morgan fingerprint density at radius 2 is 1.58 bits per heavy atom. The Balaban J connectivity index is 1.63. The molecule has 0 atom stereocenters. The summed E-state index contributed by atoms with van der Waals surface area (Å²) in [5.41, 5.74) is 2.06. The summed E-state index contributed by atoms with van der Waals surface area (Å²) in [6.45, 7) is 6.29. The fraction of sp³-hybridized carbons (Fsp3) is 0.250. The van der Waals surface area contributed by atoms with Crippen molar-refractivity contribution in [3.8, 4) is 11.9 Å². The highest BCUT2D eigenvalue weighted by Crippen LogP contribution is 2.23. The molecule has 36 heavy (non-hydrogen) atoms. The number of methoxy groups -OCH3 is 2. The van der Waals surface area contributed by atoms with Gasteiger partial charge in [-0.2, -0.15) is 9.97 Å². The summed E-state index contributed by atoms with van der Waals surface area (Å²) in [7, 11) is -1.21. The summed E-state index contributed by atoms with van der Waals surface area (Å²) in [5.74, 6) is -0.229. The number of benzene rings is 2. The second kappa shape index (κ2) is 10.9. The van der Waals surface area contributed by atoms with Crippen molar-refractivity contribution in [2.45, 2.75) is 31.1 Å². The van der Waals surface area contributed by atoms with E-state index in [2.05, 4.69) is 46.1 Å². The van der Waals surface area contributed by atoms with Crippen molar-refractivity contribution in [3.63, 3.8) is 0 Å². The summed E-state index contributed by atoms with van der Waals surface area (Å²) in [6.07, 6.45) is 0. The van der Waals surface area contributed by atoms with Gasteiger partial charge < -0.3 is 14.8 Å². The van der Waals surface area contributed by atoms with Gasteiger partial charge in [-0.05, 0) is 59.6 Å². The normalized spacial score (nSPS) is 11.4. The molecule has 0 aliphatic rings. The lowest BCUT2D eigenvalue weighted by atomic mass is 9.87. The van der Waals surface area contributed by atoms with E-state index in [-0.39, 0.29) is 39.0 Å². The van der Waals surface area contributed by atoms with Crippen molar-refractivity contribution >= 4 is 44.8 Å². The minimum atomic E-state index is -3.96. The lowest BCUT2D eigenvalue weighted by molar-refractivity contribution is 0.0977. The third-order valence-electron chi connectivity index (χ3n) is 4.98. The lowest BCUT2D eigenvalue weighted by Gasteiger charge is -2.19. The Labute approximate surface area is 215 Å². The van der Waals surface area contributed by atoms with Crippen LogP contribution in [0.1, 0.15) is 36.7 Å². The van der Waals surface area contributed by atoms with Crippen LogP contribution in [0.2, 0.25) is 0 Å². The molecule has 10 nitrogen and oxygen atoms in total. The number of carbonyl (C=O) groups excluding carboxylic acids is 1. The molecule has 0 spiro atoms. The zero-order valence-corrected chi connectivity index (χ0v) is 22.1. The zero-order chi connectivity index (χ0) is 26.5. The Morgan fingerprint density at radius 3 is 2.14 bits per heavy atom. The molecule has 1 aromatic heterocycles. The van der Waals surface area contributed by atoms with Gasteiger partial charge in [0.2, 0.25) is 5.88 Å². The standard InChI is InChI=1S/C24H27N5O5S2/c1-24(2,3)16-8-6-15(7-9-16)21(30)28-23(35)25-17-10-12-18(13-11-17)36(31,32)29-19-14-20(33-4)27-22(26-19)34-5/h6-14H,1-5H3,(H,26,27,29)(H2,25,28,30,35). The molecule has 2 aromatic carbocycles. The molecule has 12 heteroatoms. The number of nitrogens with one attached hydrogen (secondary N) is 3. The molecule has 3 aromatic rings. The van der Waals surface area contributed by atoms with Crippen molar-refractivity contribution in [3.05, 3.63) is 65.7 Å². The van der Waals surface area contributed by atoms with E-state index in [1.54, 1.807) is 12.1 Å². The number of rotatable bonds is 7. The lowest BCUT2D eigenvalue weighted by Crippen LogP contribution is -2.34. The molecular formula is C24H27N5O5S2. The number of ether oxygens (including phenoxy) is 2. The largest absolute Gasteiger partial charge is 0.481 e. The van der Waals surface area contributed by atoms with Gasteiger partial charge in [-0.3, -0.25) is 14.8 Å². The maximum Gasteiger partial charge on any atom is 0.321 e. The summed E-state index contributed by atoms with van der Waals surface area (Å²) in [5, 5.41) is 5.56. The van der Waals surface area contributed by atoms with Crippen LogP contribution < -0.4 is 24.8 Å². The highest BCUT2D eigenvalue weighted by molar-refractivity contribution is 7.92. The van der Waals surface area contributed by atoms with Crippen LogP contribution in [-0.4, -0.2) is 43.6 Å². The van der Waals surface area contributed by atoms with Crippen LogP contribution in [0.4, 0.5) is 11.5 Å². The number of sulfonamides is 1. The summed E-state index contributed by atoms with van der Waals surface area (Å²) >= 11 is 5.23. The first kappa shape index (κ1) is 26.8. The van der Waals surface area contributed by atoms with Crippen molar-refractivity contribution in [1.29, 1.82) is 0 Å². The van der Waals surface area contributed by atoms with E-state index < -0.39 is 10.0 Å². The number of aromatic nitrogens is 2. The molecule has 0 saturated carbocycles. The monoisotopic (exact) mass is 529 g/mol. The molecule has 1 heterocycles. The number of amides is 1. The number of hydrogen-bond donors (Lipinski definition) is 3. The number of anilines is 2. The highest BCUT2D eigenvalue weighted by atomic mass is 32.2. The average Bonchev–Trinajstić information content (AvgIpc) is 2.83. The van der Waals surface area contributed by atoms with Gasteiger partial charge in [0.05, 0.1) is 19.1 Å². The topological polar surface area (TPSA) is 132 Å². The fourth-order valence-corrected chi connectivity index (χ4v) is 4.23. The van der Waals surface area contributed by atoms with E-state index in [0.29, 0.717) is 11.3 Å². The van der Waals surface area contributed by atoms with Gasteiger partial charge in [0.15, 0.2) is 10.9 Å². The minimum absolute atomic E-state index is 0.0136. The number of nitrogens with zero attached hydrogens (tertiary/aromatic N) is 2.